The maximum atomic E-state index is 12.9. The number of nitrogens with zero attached hydrogens (tertiary/aromatic N) is 4. The second-order valence-corrected chi connectivity index (χ2v) is 9.35. The summed E-state index contributed by atoms with van der Waals surface area (Å²) in [4.78, 5) is 5.13. The van der Waals surface area contributed by atoms with Gasteiger partial charge < -0.3 is 9.80 Å². The van der Waals surface area contributed by atoms with E-state index in [1.165, 1.54) is 0 Å². The summed E-state index contributed by atoms with van der Waals surface area (Å²) < 4.78 is 30.1. The highest BCUT2D eigenvalue weighted by Crippen LogP contribution is 2.23. The molecule has 3 rings (SSSR count). The monoisotopic (exact) mass is 405 g/mol. The van der Waals surface area contributed by atoms with Gasteiger partial charge in [0.1, 0.15) is 0 Å². The van der Waals surface area contributed by atoms with Crippen molar-refractivity contribution in [3.63, 3.8) is 0 Å². The molecule has 1 aromatic carbocycles. The van der Waals surface area contributed by atoms with Crippen molar-refractivity contribution in [1.82, 2.24) is 19.6 Å². The second-order valence-electron chi connectivity index (χ2n) is 7.67. The van der Waals surface area contributed by atoms with Crippen LogP contribution < -0.4 is 4.72 Å². The molecule has 0 saturated carbocycles. The molecule has 1 N–H and O–H groups in total. The third-order valence-electron chi connectivity index (χ3n) is 5.49. The fraction of sp³-hybridized carbons (Fsp3) is 0.550. The van der Waals surface area contributed by atoms with Crippen molar-refractivity contribution in [1.29, 1.82) is 0 Å². The Labute approximate surface area is 168 Å². The van der Waals surface area contributed by atoms with E-state index in [0.717, 1.165) is 56.8 Å². The molecule has 154 valence electrons. The number of nitrogens with one attached hydrogen (secondary N) is 1. The predicted molar refractivity (Wildman–Crippen MR) is 112 cm³/mol. The summed E-state index contributed by atoms with van der Waals surface area (Å²) in [6.07, 6.45) is 1.90. The molecule has 1 aromatic heterocycles. The number of anilines is 1. The lowest BCUT2D eigenvalue weighted by Crippen LogP contribution is -2.44. The van der Waals surface area contributed by atoms with Gasteiger partial charge in [-0.05, 0) is 58.0 Å². The zero-order valence-corrected chi connectivity index (χ0v) is 18.1. The van der Waals surface area contributed by atoms with Crippen LogP contribution in [-0.2, 0) is 23.5 Å². The van der Waals surface area contributed by atoms with E-state index < -0.39 is 10.0 Å². The Morgan fingerprint density at radius 2 is 1.82 bits per heavy atom. The maximum absolute atomic E-state index is 12.9. The molecule has 1 fully saturated rings. The van der Waals surface area contributed by atoms with Crippen molar-refractivity contribution in [2.45, 2.75) is 31.6 Å². The molecule has 0 spiro atoms. The zero-order chi connectivity index (χ0) is 20.3. The number of hydrogen-bond acceptors (Lipinski definition) is 5. The summed E-state index contributed by atoms with van der Waals surface area (Å²) in [6.45, 7) is 9.17. The molecule has 0 bridgehead atoms. The third kappa shape index (κ3) is 4.92. The van der Waals surface area contributed by atoms with Crippen molar-refractivity contribution in [3.05, 3.63) is 41.2 Å². The van der Waals surface area contributed by atoms with Crippen LogP contribution >= 0.6 is 0 Å². The van der Waals surface area contributed by atoms with Crippen molar-refractivity contribution in [3.8, 4) is 0 Å². The van der Waals surface area contributed by atoms with Gasteiger partial charge in [-0.1, -0.05) is 12.1 Å². The first kappa shape index (κ1) is 20.8. The number of rotatable bonds is 7. The van der Waals surface area contributed by atoms with Gasteiger partial charge in [-0.15, -0.1) is 0 Å². The second kappa shape index (κ2) is 8.63. The van der Waals surface area contributed by atoms with Crippen molar-refractivity contribution >= 4 is 15.7 Å². The van der Waals surface area contributed by atoms with Gasteiger partial charge in [0.25, 0.3) is 10.0 Å². The van der Waals surface area contributed by atoms with Gasteiger partial charge in [0, 0.05) is 33.2 Å². The molecule has 0 atom stereocenters. The molecule has 8 heteroatoms. The topological polar surface area (TPSA) is 70.5 Å². The van der Waals surface area contributed by atoms with Crippen molar-refractivity contribution in [2.75, 3.05) is 44.5 Å². The highest BCUT2D eigenvalue weighted by Gasteiger charge is 2.19. The first-order valence-corrected chi connectivity index (χ1v) is 11.3. The molecule has 1 aliphatic rings. The smallest absolute Gasteiger partial charge is 0.262 e. The Kier molecular flexibility index (Phi) is 6.42. The van der Waals surface area contributed by atoms with Crippen molar-refractivity contribution < 1.29 is 8.42 Å². The molecule has 0 aliphatic carbocycles. The van der Waals surface area contributed by atoms with Crippen LogP contribution in [0.3, 0.4) is 0 Å². The summed E-state index contributed by atoms with van der Waals surface area (Å²) in [5, 5.41) is 4.28. The minimum atomic E-state index is -3.64. The number of sulfonamides is 1. The molecule has 7 nitrogen and oxygen atoms in total. The molecular formula is C20H31N5O2S. The fourth-order valence-electron chi connectivity index (χ4n) is 3.56. The summed E-state index contributed by atoms with van der Waals surface area (Å²) in [7, 11) is 0.327. The SMILES string of the molecule is Cc1nn(C)c(C)c1NS(=O)(=O)c1cccc(CCCN2CCN(C)CC2)c1. The molecule has 0 amide bonds. The maximum Gasteiger partial charge on any atom is 0.262 e. The van der Waals surface area contributed by atoms with E-state index >= 15 is 0 Å². The van der Waals surface area contributed by atoms with Crippen LogP contribution in [0.15, 0.2) is 29.2 Å². The van der Waals surface area contributed by atoms with Crippen LogP contribution in [0, 0.1) is 13.8 Å². The molecule has 1 aliphatic heterocycles. The lowest BCUT2D eigenvalue weighted by Gasteiger charge is -2.32. The van der Waals surface area contributed by atoms with Gasteiger partial charge in [-0.2, -0.15) is 5.10 Å². The molecule has 2 aromatic rings. The summed E-state index contributed by atoms with van der Waals surface area (Å²) >= 11 is 0. The average molecular weight is 406 g/mol. The lowest BCUT2D eigenvalue weighted by molar-refractivity contribution is 0.153. The van der Waals surface area contributed by atoms with Gasteiger partial charge in [0.2, 0.25) is 0 Å². The number of benzene rings is 1. The molecule has 28 heavy (non-hydrogen) atoms. The summed E-state index contributed by atoms with van der Waals surface area (Å²) in [5.41, 5.74) is 3.08. The normalized spacial score (nSPS) is 16.4. The predicted octanol–water partition coefficient (Wildman–Crippen LogP) is 2.02. The van der Waals surface area contributed by atoms with E-state index in [0.29, 0.717) is 16.3 Å². The minimum Gasteiger partial charge on any atom is -0.304 e. The van der Waals surface area contributed by atoms with E-state index in [4.69, 9.17) is 0 Å². The van der Waals surface area contributed by atoms with Crippen molar-refractivity contribution in [2.24, 2.45) is 7.05 Å². The van der Waals surface area contributed by atoms with E-state index in [9.17, 15) is 8.42 Å². The molecule has 2 heterocycles. The Morgan fingerprint density at radius 1 is 1.11 bits per heavy atom. The third-order valence-corrected chi connectivity index (χ3v) is 6.84. The largest absolute Gasteiger partial charge is 0.304 e. The molecule has 0 unspecified atom stereocenters. The average Bonchev–Trinajstić information content (AvgIpc) is 2.89. The van der Waals surface area contributed by atoms with E-state index in [2.05, 4.69) is 26.7 Å². The molecular weight excluding hydrogens is 374 g/mol. The number of aromatic nitrogens is 2. The highest BCUT2D eigenvalue weighted by atomic mass is 32.2. The number of hydrogen-bond donors (Lipinski definition) is 1. The van der Waals surface area contributed by atoms with Crippen LogP contribution in [0.25, 0.3) is 0 Å². The number of piperazine rings is 1. The quantitative estimate of drug-likeness (QED) is 0.763. The van der Waals surface area contributed by atoms with Gasteiger partial charge in [-0.25, -0.2) is 8.42 Å². The summed E-state index contributed by atoms with van der Waals surface area (Å²) in [6, 6.07) is 7.26. The van der Waals surface area contributed by atoms with E-state index in [-0.39, 0.29) is 0 Å². The van der Waals surface area contributed by atoms with Crippen LogP contribution in [0.5, 0.6) is 0 Å². The van der Waals surface area contributed by atoms with Crippen LogP contribution in [0.1, 0.15) is 23.4 Å². The van der Waals surface area contributed by atoms with E-state index in [1.54, 1.807) is 30.8 Å². The standard InChI is InChI=1S/C20H31N5O2S/c1-16-20(17(2)24(4)21-16)22-28(26,27)19-9-5-7-18(15-19)8-6-10-25-13-11-23(3)12-14-25/h5,7,9,15,22H,6,8,10-14H2,1-4H3. The van der Waals surface area contributed by atoms with Gasteiger partial charge in [0.05, 0.1) is 22.0 Å². The first-order chi connectivity index (χ1) is 13.3. The van der Waals surface area contributed by atoms with E-state index in [1.807, 2.05) is 19.1 Å². The first-order valence-electron chi connectivity index (χ1n) is 9.79. The Bertz CT molecular complexity index is 915. The van der Waals surface area contributed by atoms with Gasteiger partial charge in [-0.3, -0.25) is 9.40 Å². The van der Waals surface area contributed by atoms with Gasteiger partial charge >= 0.3 is 0 Å². The molecule has 1 saturated heterocycles. The van der Waals surface area contributed by atoms with Crippen LogP contribution in [0.4, 0.5) is 5.69 Å². The van der Waals surface area contributed by atoms with Crippen LogP contribution in [-0.4, -0.2) is 67.8 Å². The Hall–Kier alpha value is -1.90. The molecule has 0 radical (unpaired) electrons. The van der Waals surface area contributed by atoms with Crippen LogP contribution in [0.2, 0.25) is 0 Å². The Balaban J connectivity index is 1.63. The van der Waals surface area contributed by atoms with Gasteiger partial charge in [0.15, 0.2) is 0 Å². The highest BCUT2D eigenvalue weighted by molar-refractivity contribution is 7.92. The fourth-order valence-corrected chi connectivity index (χ4v) is 4.81. The minimum absolute atomic E-state index is 0.298. The lowest BCUT2D eigenvalue weighted by atomic mass is 10.1. The number of likely N-dealkylation sites (N-methyl/N-ethyl adjacent to an activating group) is 1. The number of aryl methyl sites for hydroxylation is 3. The zero-order valence-electron chi connectivity index (χ0n) is 17.3. The summed E-state index contributed by atoms with van der Waals surface area (Å²) in [5.74, 6) is 0. The Morgan fingerprint density at radius 3 is 2.46 bits per heavy atom.